The molecule has 6 unspecified atom stereocenters. The van der Waals surface area contributed by atoms with Gasteiger partial charge in [-0.3, -0.25) is 9.97 Å². The van der Waals surface area contributed by atoms with Gasteiger partial charge in [-0.05, 0) is 161 Å². The summed E-state index contributed by atoms with van der Waals surface area (Å²) in [4.78, 5) is 8.53. The lowest BCUT2D eigenvalue weighted by atomic mass is 9.82. The van der Waals surface area contributed by atoms with Crippen LogP contribution in [-0.4, -0.2) is 126 Å². The Balaban J connectivity index is 0.000000109. The minimum absolute atomic E-state index is 0.00157. The van der Waals surface area contributed by atoms with Crippen LogP contribution in [-0.2, 0) is 84.9 Å². The summed E-state index contributed by atoms with van der Waals surface area (Å²) in [6, 6.07) is 90.2. The van der Waals surface area contributed by atoms with Crippen molar-refractivity contribution >= 4 is 34.1 Å². The molecule has 143 heavy (non-hydrogen) atoms. The topological polar surface area (TPSA) is 233 Å². The molecule has 0 bridgehead atoms. The molecule has 10 aromatic carbocycles. The Kier molecular flexibility index (Phi) is 30.6. The van der Waals surface area contributed by atoms with Crippen LogP contribution in [0.15, 0.2) is 274 Å². The van der Waals surface area contributed by atoms with Gasteiger partial charge in [-0.2, -0.15) is 5.26 Å². The van der Waals surface area contributed by atoms with Crippen LogP contribution in [0.3, 0.4) is 0 Å². The largest absolute Gasteiger partial charge is 0.375 e. The summed E-state index contributed by atoms with van der Waals surface area (Å²) in [6.45, 7) is 41.2. The molecule has 18 atom stereocenters. The first kappa shape index (κ1) is 100. The van der Waals surface area contributed by atoms with E-state index in [4.69, 9.17) is 62.1 Å². The molecule has 6 N–H and O–H groups in total. The first-order chi connectivity index (χ1) is 69.2. The van der Waals surface area contributed by atoms with Crippen molar-refractivity contribution in [1.29, 1.82) is 5.26 Å². The molecule has 12 aromatic rings. The molecule has 21 heteroatoms. The highest BCUT2D eigenvalue weighted by Gasteiger charge is 2.49. The number of fused-ring (bicyclic) bond motifs is 18. The van der Waals surface area contributed by atoms with Gasteiger partial charge in [-0.25, -0.2) is 0 Å². The van der Waals surface area contributed by atoms with Crippen molar-refractivity contribution in [2.24, 2.45) is 0 Å². The lowest BCUT2D eigenvalue weighted by Crippen LogP contribution is -2.43. The van der Waals surface area contributed by atoms with Gasteiger partial charge >= 0.3 is 0 Å². The van der Waals surface area contributed by atoms with Crippen molar-refractivity contribution in [2.45, 2.75) is 247 Å². The lowest BCUT2D eigenvalue weighted by Gasteiger charge is -2.43. The van der Waals surface area contributed by atoms with Gasteiger partial charge in [0.2, 0.25) is 0 Å². The molecule has 0 amide bonds. The number of pyridine rings is 2. The van der Waals surface area contributed by atoms with Crippen LogP contribution in [0.25, 0.3) is 0 Å². The van der Waals surface area contributed by atoms with E-state index in [1.807, 2.05) is 67.0 Å². The van der Waals surface area contributed by atoms with E-state index in [1.165, 1.54) is 89.1 Å². The molecule has 2 aromatic heterocycles. The molecule has 12 aliphatic heterocycles. The summed E-state index contributed by atoms with van der Waals surface area (Å²) in [5, 5.41) is 30.9. The summed E-state index contributed by atoms with van der Waals surface area (Å²) in [5.41, 5.74) is 30.6. The van der Waals surface area contributed by atoms with E-state index in [2.05, 4.69) is 346 Å². The molecule has 24 rings (SSSR count). The zero-order valence-electron chi connectivity index (χ0n) is 85.4. The van der Waals surface area contributed by atoms with E-state index in [0.717, 1.165) is 50.7 Å². The number of nitrogens with zero attached hydrogens (tertiary/aromatic N) is 3. The third-order valence-corrected chi connectivity index (χ3v) is 29.5. The Morgan fingerprint density at radius 1 is 0.280 bits per heavy atom. The van der Waals surface area contributed by atoms with Crippen LogP contribution in [0.1, 0.15) is 281 Å². The van der Waals surface area contributed by atoms with E-state index in [9.17, 15) is 0 Å². The molecule has 746 valence electrons. The second-order valence-corrected chi connectivity index (χ2v) is 43.6. The van der Waals surface area contributed by atoms with Crippen molar-refractivity contribution in [2.75, 3.05) is 111 Å². The highest BCUT2D eigenvalue weighted by molar-refractivity contribution is 5.66. The number of hydrogen-bond acceptors (Lipinski definition) is 21. The van der Waals surface area contributed by atoms with Crippen LogP contribution in [0, 0.1) is 18.3 Å². The molecule has 12 aliphatic rings. The number of ether oxygens (including phenoxy) is 12. The zero-order valence-corrected chi connectivity index (χ0v) is 85.4. The van der Waals surface area contributed by atoms with Crippen LogP contribution >= 0.6 is 0 Å². The van der Waals surface area contributed by atoms with Crippen LogP contribution in [0.2, 0.25) is 0 Å². The smallest absolute Gasteiger partial charge is 0.113 e. The quantitative estimate of drug-likeness (QED) is 0.0830. The first-order valence-corrected chi connectivity index (χ1v) is 51.4. The maximum Gasteiger partial charge on any atom is 0.113 e. The van der Waals surface area contributed by atoms with Crippen LogP contribution < -0.4 is 31.9 Å². The Morgan fingerprint density at radius 3 is 0.832 bits per heavy atom. The number of aryl methyl sites for hydroxylation is 1. The summed E-state index contributed by atoms with van der Waals surface area (Å²) in [6.07, 6.45) is 7.50. The molecule has 6 fully saturated rings. The van der Waals surface area contributed by atoms with Crippen LogP contribution in [0.5, 0.6) is 0 Å². The van der Waals surface area contributed by atoms with Crippen LogP contribution in [0.4, 0.5) is 34.1 Å². The van der Waals surface area contributed by atoms with E-state index >= 15 is 0 Å². The van der Waals surface area contributed by atoms with Crippen molar-refractivity contribution < 1.29 is 56.8 Å². The van der Waals surface area contributed by atoms with Gasteiger partial charge in [0.15, 0.2) is 0 Å². The van der Waals surface area contributed by atoms with Gasteiger partial charge in [0, 0.05) is 92.3 Å². The number of rotatable bonds is 8. The zero-order chi connectivity index (χ0) is 99.3. The number of hydrogen-bond donors (Lipinski definition) is 6. The predicted molar refractivity (Wildman–Crippen MR) is 565 cm³/mol. The molecule has 0 spiro atoms. The third-order valence-electron chi connectivity index (χ3n) is 29.5. The molecular formula is C122H141N9O12. The molecule has 14 heterocycles. The molecule has 21 nitrogen and oxygen atoms in total. The Labute approximate surface area is 844 Å². The molecule has 0 aliphatic carbocycles. The number of nitriles is 1. The predicted octanol–water partition coefficient (Wildman–Crippen LogP) is 25.3. The average Bonchev–Trinajstić information content (AvgIpc) is 0.772. The fourth-order valence-electron chi connectivity index (χ4n) is 21.7. The number of anilines is 6. The van der Waals surface area contributed by atoms with E-state index in [0.29, 0.717) is 91.6 Å². The summed E-state index contributed by atoms with van der Waals surface area (Å²) < 4.78 is 73.6. The second-order valence-electron chi connectivity index (χ2n) is 43.6. The van der Waals surface area contributed by atoms with Gasteiger partial charge in [0.1, 0.15) is 73.2 Å². The number of nitrogens with one attached hydrogen (secondary N) is 6. The lowest BCUT2D eigenvalue weighted by molar-refractivity contribution is -0.151. The van der Waals surface area contributed by atoms with E-state index in [-0.39, 0.29) is 131 Å². The number of aromatic nitrogens is 2. The molecular weight excluding hydrogens is 1780 g/mol. The fourth-order valence-corrected chi connectivity index (χ4v) is 21.7. The molecule has 6 saturated heterocycles. The minimum Gasteiger partial charge on any atom is -0.375 e. The SMILES string of the molecule is CC(C)(C)c1ccc2c(c1)C1OCCOC1C(c1ccccc1)N2.CC(C)(C)c1ccc2c(c1)C1OCCOC1C(c1cccnc1)N2.CC(C)(C)c1ccc2c(c1)[C@H]1OCCO[C@H]1[C@H](c1ccccc1)N2.CC(C)(C)c1ccc2c(c1)[C@H]1OCCO[C@H]1[C@H](c1cccnc1)N2.Cc1ccccc1[C@@H]1Nc2ccc(C(C)C)cc2[C@H]2OCCO[C@H]21.N#CCc1ccc2c(c1)[C@H]1OCCO[C@H]1[C@H](c1ccccc1)N2. The highest BCUT2D eigenvalue weighted by Crippen LogP contribution is 2.54. The van der Waals surface area contributed by atoms with E-state index < -0.39 is 0 Å². The standard InChI is InChI=1S/3C21H25NO2.2C20H24N2O2.C19H18N2O2/c1-13(2)15-8-9-18-17(12-15)20-21(24-11-10-23-20)19(22-18)16-7-5-4-6-14(16)3;2*1-21(2,3)15-9-10-17-16(13-15)19-20(24-12-11-23-19)18(22-17)14-7-5-4-6-8-14;2*1-20(2,3)14-6-7-16-15(11-14)18-19(24-10-9-23-18)17(22-16)13-5-4-8-21-12-13;20-9-8-13-6-7-16-15(12-13)18-19(23-11-10-22-18)17(21-16)14-4-2-1-3-5-14/h4-9,12-13,19-22H,10-11H2,1-3H3;2*4-10,13,18-20,22H,11-12H2,1-3H3;2*4-8,11-12,17-19,22H,9-10H2,1-3H3;1-7,12,17-19,21H,8,10-11H2/t19-,20+,21-;18-,19+,20-;;17-,18+,19-;;17-,18+,19-/m00.0.0/s1. The summed E-state index contributed by atoms with van der Waals surface area (Å²) in [7, 11) is 0. The average molecular weight is 1930 g/mol. The summed E-state index contributed by atoms with van der Waals surface area (Å²) >= 11 is 0. The Morgan fingerprint density at radius 2 is 0.538 bits per heavy atom. The Bertz CT molecular complexity index is 5840. The minimum atomic E-state index is -0.0937. The fraction of sp³-hybridized carbons (Fsp3) is 0.418. The number of benzene rings is 10. The van der Waals surface area contributed by atoms with Gasteiger partial charge in [-0.1, -0.05) is 291 Å². The van der Waals surface area contributed by atoms with Gasteiger partial charge < -0.3 is 88.7 Å². The van der Waals surface area contributed by atoms with Gasteiger partial charge in [0.05, 0.1) is 128 Å². The van der Waals surface area contributed by atoms with Crippen molar-refractivity contribution in [3.63, 3.8) is 0 Å². The monoisotopic (exact) mass is 1920 g/mol. The van der Waals surface area contributed by atoms with Gasteiger partial charge in [-0.15, -0.1) is 0 Å². The molecule has 0 saturated carbocycles. The van der Waals surface area contributed by atoms with Crippen molar-refractivity contribution in [3.05, 3.63) is 379 Å². The van der Waals surface area contributed by atoms with Crippen molar-refractivity contribution in [1.82, 2.24) is 9.97 Å². The maximum absolute atomic E-state index is 8.93. The summed E-state index contributed by atoms with van der Waals surface area (Å²) in [5.74, 6) is 0.507. The third kappa shape index (κ3) is 22.3. The van der Waals surface area contributed by atoms with E-state index in [1.54, 1.807) is 12.4 Å². The molecule has 0 radical (unpaired) electrons. The van der Waals surface area contributed by atoms with Crippen molar-refractivity contribution in [3.8, 4) is 6.07 Å². The maximum atomic E-state index is 8.93. The second kappa shape index (κ2) is 43.7. The first-order valence-electron chi connectivity index (χ1n) is 51.4. The highest BCUT2D eigenvalue weighted by atomic mass is 16.6. The Hall–Kier alpha value is -11.7. The normalized spacial score (nSPS) is 26.0. The van der Waals surface area contributed by atoms with Gasteiger partial charge in [0.25, 0.3) is 0 Å².